The number of aromatic nitrogens is 1. The number of hydrogen-bond donors (Lipinski definition) is 1. The maximum absolute atomic E-state index is 11.8. The first-order valence-electron chi connectivity index (χ1n) is 5.53. The molecule has 0 atom stereocenters. The van der Waals surface area contributed by atoms with Crippen LogP contribution >= 0.6 is 0 Å². The van der Waals surface area contributed by atoms with Crippen molar-refractivity contribution in [3.8, 4) is 6.07 Å². The Morgan fingerprint density at radius 3 is 2.44 bits per heavy atom. The molecule has 1 aromatic heterocycles. The van der Waals surface area contributed by atoms with Gasteiger partial charge in [0.15, 0.2) is 0 Å². The van der Waals surface area contributed by atoms with Crippen molar-refractivity contribution in [3.63, 3.8) is 0 Å². The van der Waals surface area contributed by atoms with Crippen LogP contribution < -0.4 is 5.56 Å². The van der Waals surface area contributed by atoms with Crippen LogP contribution in [0.5, 0.6) is 0 Å². The highest BCUT2D eigenvalue weighted by atomic mass is 16.3. The number of rotatable bonds is 3. The molecule has 0 aliphatic rings. The fraction of sp³-hybridized carbons (Fsp3) is 0.143. The molecular weight excluding hydrogens is 228 g/mol. The normalized spacial score (nSPS) is 10.0. The summed E-state index contributed by atoms with van der Waals surface area (Å²) in [5, 5.41) is 17.7. The van der Waals surface area contributed by atoms with Crippen molar-refractivity contribution in [2.75, 3.05) is 0 Å². The third-order valence-electron chi connectivity index (χ3n) is 2.70. The van der Waals surface area contributed by atoms with E-state index in [0.29, 0.717) is 6.54 Å². The Hall–Kier alpha value is -2.38. The van der Waals surface area contributed by atoms with Gasteiger partial charge < -0.3 is 9.67 Å². The van der Waals surface area contributed by atoms with E-state index in [4.69, 9.17) is 10.4 Å². The molecule has 0 unspecified atom stereocenters. The third-order valence-corrected chi connectivity index (χ3v) is 2.70. The minimum Gasteiger partial charge on any atom is -0.392 e. The minimum absolute atomic E-state index is 0.00411. The zero-order valence-electron chi connectivity index (χ0n) is 9.71. The monoisotopic (exact) mass is 240 g/mol. The first-order chi connectivity index (χ1) is 8.74. The number of nitriles is 1. The van der Waals surface area contributed by atoms with Crippen molar-refractivity contribution in [3.05, 3.63) is 69.6 Å². The lowest BCUT2D eigenvalue weighted by Crippen LogP contribution is -2.22. The second-order valence-corrected chi connectivity index (χ2v) is 3.94. The Morgan fingerprint density at radius 1 is 1.17 bits per heavy atom. The van der Waals surface area contributed by atoms with Gasteiger partial charge in [-0.25, -0.2) is 0 Å². The van der Waals surface area contributed by atoms with Crippen LogP contribution in [0.1, 0.15) is 16.7 Å². The zero-order valence-corrected chi connectivity index (χ0v) is 9.71. The molecule has 4 heteroatoms. The number of aliphatic hydroxyl groups is 1. The van der Waals surface area contributed by atoms with E-state index < -0.39 is 0 Å². The molecule has 90 valence electrons. The lowest BCUT2D eigenvalue weighted by molar-refractivity contribution is 0.282. The van der Waals surface area contributed by atoms with Crippen LogP contribution in [-0.4, -0.2) is 9.67 Å². The number of aliphatic hydroxyl groups excluding tert-OH is 1. The molecule has 0 bridgehead atoms. The van der Waals surface area contributed by atoms with Crippen LogP contribution in [0.4, 0.5) is 0 Å². The molecule has 0 saturated heterocycles. The highest BCUT2D eigenvalue weighted by molar-refractivity contribution is 5.26. The second kappa shape index (κ2) is 5.30. The summed E-state index contributed by atoms with van der Waals surface area (Å²) < 4.78 is 1.49. The molecule has 0 radical (unpaired) electrons. The van der Waals surface area contributed by atoms with Crippen LogP contribution in [0, 0.1) is 11.3 Å². The topological polar surface area (TPSA) is 66.0 Å². The van der Waals surface area contributed by atoms with Crippen molar-refractivity contribution in [1.82, 2.24) is 4.57 Å². The lowest BCUT2D eigenvalue weighted by Gasteiger charge is -2.06. The zero-order chi connectivity index (χ0) is 13.0. The van der Waals surface area contributed by atoms with Gasteiger partial charge in [-0.3, -0.25) is 4.79 Å². The quantitative estimate of drug-likeness (QED) is 0.878. The molecule has 4 nitrogen and oxygen atoms in total. The molecule has 0 aliphatic heterocycles. The predicted octanol–water partition coefficient (Wildman–Crippen LogP) is 1.26. The highest BCUT2D eigenvalue weighted by Gasteiger charge is 2.02. The lowest BCUT2D eigenvalue weighted by atomic mass is 10.1. The van der Waals surface area contributed by atoms with Crippen molar-refractivity contribution < 1.29 is 5.11 Å². The Bertz CT molecular complexity index is 636. The van der Waals surface area contributed by atoms with E-state index in [9.17, 15) is 4.79 Å². The van der Waals surface area contributed by atoms with Gasteiger partial charge in [0.1, 0.15) is 11.6 Å². The molecule has 2 aromatic rings. The minimum atomic E-state index is -0.286. The molecular formula is C14H12N2O2. The molecule has 1 heterocycles. The van der Waals surface area contributed by atoms with E-state index in [-0.39, 0.29) is 17.7 Å². The van der Waals surface area contributed by atoms with Crippen molar-refractivity contribution in [2.24, 2.45) is 0 Å². The summed E-state index contributed by atoms with van der Waals surface area (Å²) in [7, 11) is 0. The summed E-state index contributed by atoms with van der Waals surface area (Å²) in [6.07, 6.45) is 1.66. The third kappa shape index (κ3) is 2.47. The van der Waals surface area contributed by atoms with Crippen molar-refractivity contribution in [2.45, 2.75) is 13.2 Å². The Morgan fingerprint density at radius 2 is 1.83 bits per heavy atom. The molecule has 0 amide bonds. The fourth-order valence-electron chi connectivity index (χ4n) is 1.69. The van der Waals surface area contributed by atoms with Gasteiger partial charge in [-0.2, -0.15) is 5.26 Å². The maximum Gasteiger partial charge on any atom is 0.268 e. The Kier molecular flexibility index (Phi) is 3.56. The van der Waals surface area contributed by atoms with Gasteiger partial charge in [-0.1, -0.05) is 24.3 Å². The van der Waals surface area contributed by atoms with Crippen LogP contribution in [0.2, 0.25) is 0 Å². The van der Waals surface area contributed by atoms with Gasteiger partial charge in [0, 0.05) is 6.20 Å². The van der Waals surface area contributed by atoms with Crippen molar-refractivity contribution >= 4 is 0 Å². The molecule has 0 saturated carbocycles. The van der Waals surface area contributed by atoms with Gasteiger partial charge >= 0.3 is 0 Å². The molecule has 1 N–H and O–H groups in total. The molecule has 0 aliphatic carbocycles. The molecule has 1 aromatic carbocycles. The number of hydrogen-bond acceptors (Lipinski definition) is 3. The van der Waals surface area contributed by atoms with Crippen LogP contribution in [-0.2, 0) is 13.2 Å². The number of nitrogens with zero attached hydrogens (tertiary/aromatic N) is 2. The van der Waals surface area contributed by atoms with Gasteiger partial charge in [-0.15, -0.1) is 0 Å². The maximum atomic E-state index is 11.8. The van der Waals surface area contributed by atoms with Crippen molar-refractivity contribution in [1.29, 1.82) is 5.26 Å². The summed E-state index contributed by atoms with van der Waals surface area (Å²) >= 11 is 0. The van der Waals surface area contributed by atoms with Crippen LogP contribution in [0.3, 0.4) is 0 Å². The van der Waals surface area contributed by atoms with Gasteiger partial charge in [-0.05, 0) is 23.3 Å². The SMILES string of the molecule is N#Cc1cccn(Cc2ccc(CO)cc2)c1=O. The van der Waals surface area contributed by atoms with Crippen LogP contribution in [0.25, 0.3) is 0 Å². The van der Waals surface area contributed by atoms with E-state index in [1.807, 2.05) is 30.3 Å². The second-order valence-electron chi connectivity index (χ2n) is 3.94. The first kappa shape index (κ1) is 12.1. The predicted molar refractivity (Wildman–Crippen MR) is 66.9 cm³/mol. The average molecular weight is 240 g/mol. The summed E-state index contributed by atoms with van der Waals surface area (Å²) in [6, 6.07) is 12.4. The first-order valence-corrected chi connectivity index (χ1v) is 5.53. The molecule has 0 fully saturated rings. The largest absolute Gasteiger partial charge is 0.392 e. The fourth-order valence-corrected chi connectivity index (χ4v) is 1.69. The summed E-state index contributed by atoms with van der Waals surface area (Å²) in [5.74, 6) is 0. The van der Waals surface area contributed by atoms with E-state index in [2.05, 4.69) is 0 Å². The van der Waals surface area contributed by atoms with Gasteiger partial charge in [0.05, 0.1) is 13.2 Å². The summed E-state index contributed by atoms with van der Waals surface area (Å²) in [5.41, 5.74) is 1.64. The smallest absolute Gasteiger partial charge is 0.268 e. The van der Waals surface area contributed by atoms with Crippen LogP contribution in [0.15, 0.2) is 47.4 Å². The average Bonchev–Trinajstić information content (AvgIpc) is 2.42. The van der Waals surface area contributed by atoms with Gasteiger partial charge in [0.25, 0.3) is 5.56 Å². The van der Waals surface area contributed by atoms with E-state index in [1.165, 1.54) is 10.6 Å². The molecule has 18 heavy (non-hydrogen) atoms. The Labute approximate surface area is 104 Å². The summed E-state index contributed by atoms with van der Waals surface area (Å²) in [4.78, 5) is 11.8. The standard InChI is InChI=1S/C14H12N2O2/c15-8-13-2-1-7-16(14(13)18)9-11-3-5-12(10-17)6-4-11/h1-7,17H,9-10H2. The van der Waals surface area contributed by atoms with Gasteiger partial charge in [0.2, 0.25) is 0 Å². The summed E-state index contributed by atoms with van der Waals surface area (Å²) in [6.45, 7) is 0.421. The molecule has 2 rings (SSSR count). The molecule has 0 spiro atoms. The number of pyridine rings is 1. The van der Waals surface area contributed by atoms with E-state index in [1.54, 1.807) is 12.3 Å². The number of benzene rings is 1. The Balaban J connectivity index is 2.29. The van der Waals surface area contributed by atoms with E-state index in [0.717, 1.165) is 11.1 Å². The van der Waals surface area contributed by atoms with E-state index >= 15 is 0 Å². The highest BCUT2D eigenvalue weighted by Crippen LogP contribution is 2.05.